The molecule has 1 N–H and O–H groups in total. The van der Waals surface area contributed by atoms with Crippen LogP contribution in [-0.2, 0) is 11.3 Å². The van der Waals surface area contributed by atoms with Crippen LogP contribution in [-0.4, -0.2) is 20.1 Å². The molecule has 0 saturated heterocycles. The largest absolute Gasteiger partial charge is 0.497 e. The van der Waals surface area contributed by atoms with Gasteiger partial charge in [0.05, 0.1) is 33.4 Å². The molecule has 6 heteroatoms. The molecule has 0 bridgehead atoms. The predicted molar refractivity (Wildman–Crippen MR) is 122 cm³/mol. The summed E-state index contributed by atoms with van der Waals surface area (Å²) in [6.45, 7) is 2.26. The first-order chi connectivity index (χ1) is 15.5. The fourth-order valence-electron chi connectivity index (χ4n) is 3.88. The van der Waals surface area contributed by atoms with Crippen molar-refractivity contribution in [1.82, 2.24) is 5.32 Å². The number of amides is 1. The number of hydrogen-bond donors (Lipinski definition) is 1. The molecule has 0 radical (unpaired) electrons. The summed E-state index contributed by atoms with van der Waals surface area (Å²) < 4.78 is 30.1. The zero-order valence-corrected chi connectivity index (χ0v) is 18.2. The number of rotatable bonds is 7. The second-order valence-corrected chi connectivity index (χ2v) is 7.53. The molecule has 4 rings (SSSR count). The number of carbonyl (C=O) groups is 1. The Morgan fingerprint density at radius 1 is 1.06 bits per heavy atom. The Morgan fingerprint density at radius 2 is 1.81 bits per heavy atom. The first-order valence-electron chi connectivity index (χ1n) is 10.2. The molecule has 0 atom stereocenters. The topological polar surface area (TPSA) is 60.7 Å². The quantitative estimate of drug-likeness (QED) is 0.537. The molecule has 1 amide bonds. The fourth-order valence-corrected chi connectivity index (χ4v) is 3.88. The van der Waals surface area contributed by atoms with E-state index in [0.29, 0.717) is 23.8 Å². The summed E-state index contributed by atoms with van der Waals surface area (Å²) in [5.74, 6) is 1.53. The molecule has 3 aromatic rings. The molecule has 1 aromatic heterocycles. The molecule has 0 fully saturated rings. The van der Waals surface area contributed by atoms with E-state index in [4.69, 9.17) is 13.9 Å². The predicted octanol–water partition coefficient (Wildman–Crippen LogP) is 5.47. The summed E-state index contributed by atoms with van der Waals surface area (Å²) in [4.78, 5) is 12.6. The third-order valence-corrected chi connectivity index (χ3v) is 5.52. The van der Waals surface area contributed by atoms with E-state index >= 15 is 0 Å². The van der Waals surface area contributed by atoms with Crippen molar-refractivity contribution in [3.63, 3.8) is 0 Å². The second-order valence-electron chi connectivity index (χ2n) is 7.53. The zero-order valence-electron chi connectivity index (χ0n) is 18.2. The van der Waals surface area contributed by atoms with Crippen LogP contribution in [0.1, 0.15) is 35.8 Å². The summed E-state index contributed by atoms with van der Waals surface area (Å²) in [5, 5.41) is 2.86. The number of carbonyl (C=O) groups excluding carboxylic acids is 1. The first kappa shape index (κ1) is 21.4. The van der Waals surface area contributed by atoms with Gasteiger partial charge in [0.2, 0.25) is 5.91 Å². The van der Waals surface area contributed by atoms with Crippen molar-refractivity contribution < 1.29 is 23.1 Å². The van der Waals surface area contributed by atoms with E-state index in [1.165, 1.54) is 12.1 Å². The van der Waals surface area contributed by atoms with Crippen LogP contribution in [0.4, 0.5) is 4.39 Å². The monoisotopic (exact) mass is 433 g/mol. The van der Waals surface area contributed by atoms with Crippen LogP contribution in [0, 0.1) is 5.82 Å². The number of hydrogen-bond acceptors (Lipinski definition) is 4. The number of fused-ring (bicyclic) bond motifs is 1. The van der Waals surface area contributed by atoms with Crippen LogP contribution in [0.15, 0.2) is 64.8 Å². The van der Waals surface area contributed by atoms with Crippen molar-refractivity contribution >= 4 is 23.1 Å². The van der Waals surface area contributed by atoms with E-state index in [2.05, 4.69) is 5.32 Å². The van der Waals surface area contributed by atoms with Gasteiger partial charge in [-0.1, -0.05) is 6.07 Å². The lowest BCUT2D eigenvalue weighted by atomic mass is 10.0. The maximum atomic E-state index is 14.1. The van der Waals surface area contributed by atoms with Gasteiger partial charge in [0.25, 0.3) is 0 Å². The Hall–Kier alpha value is -3.80. The number of allylic oxidation sites excluding steroid dienone is 2. The summed E-state index contributed by atoms with van der Waals surface area (Å²) in [7, 11) is 3.20. The highest BCUT2D eigenvalue weighted by atomic mass is 19.1. The van der Waals surface area contributed by atoms with Crippen LogP contribution >= 0.6 is 0 Å². The van der Waals surface area contributed by atoms with E-state index in [9.17, 15) is 9.18 Å². The van der Waals surface area contributed by atoms with E-state index < -0.39 is 0 Å². The maximum Gasteiger partial charge on any atom is 0.224 e. The maximum absolute atomic E-state index is 14.1. The molecule has 5 nitrogen and oxygen atoms in total. The average molecular weight is 433 g/mol. The van der Waals surface area contributed by atoms with Crippen molar-refractivity contribution in [2.24, 2.45) is 0 Å². The molecule has 0 unspecified atom stereocenters. The molecule has 2 aromatic carbocycles. The van der Waals surface area contributed by atoms with E-state index in [1.54, 1.807) is 44.7 Å². The minimum atomic E-state index is -0.339. The third-order valence-electron chi connectivity index (χ3n) is 5.52. The van der Waals surface area contributed by atoms with Crippen molar-refractivity contribution in [2.75, 3.05) is 14.2 Å². The van der Waals surface area contributed by atoms with E-state index in [0.717, 1.165) is 33.4 Å². The van der Waals surface area contributed by atoms with Gasteiger partial charge in [-0.15, -0.1) is 0 Å². The summed E-state index contributed by atoms with van der Waals surface area (Å²) >= 11 is 0. The lowest BCUT2D eigenvalue weighted by Gasteiger charge is -2.08. The number of furan rings is 1. The van der Waals surface area contributed by atoms with Gasteiger partial charge in [0, 0.05) is 6.07 Å². The average Bonchev–Trinajstić information content (AvgIpc) is 3.40. The van der Waals surface area contributed by atoms with Gasteiger partial charge in [-0.25, -0.2) is 4.39 Å². The van der Waals surface area contributed by atoms with Crippen LogP contribution in [0.2, 0.25) is 0 Å². The Labute approximate surface area is 186 Å². The van der Waals surface area contributed by atoms with Gasteiger partial charge < -0.3 is 19.2 Å². The minimum absolute atomic E-state index is 0.141. The molecule has 1 aliphatic rings. The second kappa shape index (κ2) is 9.14. The van der Waals surface area contributed by atoms with Crippen molar-refractivity contribution in [3.05, 3.63) is 88.6 Å². The summed E-state index contributed by atoms with van der Waals surface area (Å²) in [6.07, 6.45) is 3.71. The van der Waals surface area contributed by atoms with Gasteiger partial charge in [0.1, 0.15) is 23.1 Å². The SMILES string of the molecule is COc1cc(/C=C2/C(C)=C(CC(=O)NCc3ccco3)c3cc(F)ccc32)cc(OC)c1. The lowest BCUT2D eigenvalue weighted by Crippen LogP contribution is -2.22. The van der Waals surface area contributed by atoms with Crippen molar-refractivity contribution in [3.8, 4) is 11.5 Å². The number of halogens is 1. The normalized spacial score (nSPS) is 13.9. The van der Waals surface area contributed by atoms with Gasteiger partial charge in [-0.05, 0) is 82.8 Å². The smallest absolute Gasteiger partial charge is 0.224 e. The number of benzene rings is 2. The van der Waals surface area contributed by atoms with E-state index in [-0.39, 0.29) is 18.1 Å². The van der Waals surface area contributed by atoms with Gasteiger partial charge in [0.15, 0.2) is 0 Å². The highest BCUT2D eigenvalue weighted by Gasteiger charge is 2.26. The van der Waals surface area contributed by atoms with Crippen molar-refractivity contribution in [2.45, 2.75) is 19.9 Å². The minimum Gasteiger partial charge on any atom is -0.497 e. The van der Waals surface area contributed by atoms with Gasteiger partial charge >= 0.3 is 0 Å². The molecular formula is C26H24FNO4. The lowest BCUT2D eigenvalue weighted by molar-refractivity contribution is -0.120. The number of ether oxygens (including phenoxy) is 2. The number of methoxy groups -OCH3 is 2. The van der Waals surface area contributed by atoms with Crippen LogP contribution in [0.3, 0.4) is 0 Å². The van der Waals surface area contributed by atoms with Crippen molar-refractivity contribution in [1.29, 1.82) is 0 Å². The molecule has 32 heavy (non-hydrogen) atoms. The Morgan fingerprint density at radius 3 is 2.47 bits per heavy atom. The molecular weight excluding hydrogens is 409 g/mol. The van der Waals surface area contributed by atoms with E-state index in [1.807, 2.05) is 25.1 Å². The fraction of sp³-hybridized carbons (Fsp3) is 0.192. The van der Waals surface area contributed by atoms with Crippen LogP contribution in [0.5, 0.6) is 11.5 Å². The Balaban J connectivity index is 1.68. The zero-order chi connectivity index (χ0) is 22.7. The Kier molecular flexibility index (Phi) is 6.12. The van der Waals surface area contributed by atoms with Gasteiger partial charge in [-0.3, -0.25) is 4.79 Å². The van der Waals surface area contributed by atoms with Crippen LogP contribution in [0.25, 0.3) is 17.2 Å². The van der Waals surface area contributed by atoms with Crippen LogP contribution < -0.4 is 14.8 Å². The third kappa shape index (κ3) is 4.44. The molecule has 164 valence electrons. The summed E-state index contributed by atoms with van der Waals surface area (Å²) in [5.41, 5.74) is 5.17. The molecule has 0 aliphatic heterocycles. The first-order valence-corrected chi connectivity index (χ1v) is 10.2. The molecule has 1 aliphatic carbocycles. The molecule has 0 spiro atoms. The Bertz CT molecular complexity index is 1190. The standard InChI is InChI=1S/C26H24FNO4/c1-16-23(11-17-9-20(30-2)13-21(10-17)31-3)22-7-6-18(27)12-25(22)24(16)14-26(29)28-15-19-5-4-8-32-19/h4-13H,14-15H2,1-3H3,(H,28,29)/b23-11-. The molecule has 1 heterocycles. The molecule has 0 saturated carbocycles. The summed E-state index contributed by atoms with van der Waals surface area (Å²) in [6, 6.07) is 13.9. The highest BCUT2D eigenvalue weighted by molar-refractivity contribution is 6.08. The van der Waals surface area contributed by atoms with Gasteiger partial charge in [-0.2, -0.15) is 0 Å². The number of nitrogens with one attached hydrogen (secondary N) is 1. The highest BCUT2D eigenvalue weighted by Crippen LogP contribution is 2.44.